The van der Waals surface area contributed by atoms with E-state index in [0.29, 0.717) is 6.42 Å². The molecule has 0 aromatic carbocycles. The Labute approximate surface area is 105 Å². The summed E-state index contributed by atoms with van der Waals surface area (Å²) < 4.78 is 10.6. The summed E-state index contributed by atoms with van der Waals surface area (Å²) in [6.45, 7) is 1.40. The van der Waals surface area contributed by atoms with E-state index in [1.165, 1.54) is 0 Å². The van der Waals surface area contributed by atoms with Gasteiger partial charge in [-0.05, 0) is 6.42 Å². The van der Waals surface area contributed by atoms with Crippen LogP contribution in [0.4, 0.5) is 0 Å². The molecule has 106 valence electrons. The van der Waals surface area contributed by atoms with Gasteiger partial charge in [0, 0.05) is 0 Å². The fourth-order valence-electron chi connectivity index (χ4n) is 1.87. The normalized spacial score (nSPS) is 34.2. The Morgan fingerprint density at radius 3 is 2.61 bits per heavy atom. The van der Waals surface area contributed by atoms with E-state index in [1.807, 2.05) is 0 Å². The minimum absolute atomic E-state index is 0.0135. The lowest BCUT2D eigenvalue weighted by atomic mass is 10.00. The van der Waals surface area contributed by atoms with Crippen LogP contribution < -0.4 is 0 Å². The van der Waals surface area contributed by atoms with Gasteiger partial charge < -0.3 is 29.9 Å². The van der Waals surface area contributed by atoms with Gasteiger partial charge in [0.2, 0.25) is 0 Å². The molecule has 0 saturated carbocycles. The third-order valence-electron chi connectivity index (χ3n) is 2.99. The molecule has 7 nitrogen and oxygen atoms in total. The van der Waals surface area contributed by atoms with Gasteiger partial charge >= 0.3 is 5.97 Å². The Kier molecular flexibility index (Phi) is 5.97. The molecule has 1 heterocycles. The predicted molar refractivity (Wildman–Crippen MR) is 60.0 cm³/mol. The minimum Gasteiger partial charge on any atom is -0.481 e. The molecule has 0 amide bonds. The smallest absolute Gasteiger partial charge is 0.305 e. The van der Waals surface area contributed by atoms with Gasteiger partial charge in [-0.25, -0.2) is 0 Å². The molecule has 0 bridgehead atoms. The summed E-state index contributed by atoms with van der Waals surface area (Å²) in [5.74, 6) is -0.984. The van der Waals surface area contributed by atoms with Crippen molar-refractivity contribution < 1.29 is 34.7 Å². The van der Waals surface area contributed by atoms with Crippen LogP contribution in [-0.2, 0) is 14.3 Å². The first-order valence-electron chi connectivity index (χ1n) is 5.95. The van der Waals surface area contributed by atoms with Crippen LogP contribution in [0.1, 0.15) is 19.8 Å². The first-order chi connectivity index (χ1) is 8.49. The SMILES string of the molecule is CCC(CC(=O)O)OC1COC(CO)C(O)C1O. The van der Waals surface area contributed by atoms with E-state index < -0.39 is 43.1 Å². The van der Waals surface area contributed by atoms with E-state index in [4.69, 9.17) is 19.7 Å². The number of carboxylic acids is 1. The molecule has 1 fully saturated rings. The predicted octanol–water partition coefficient (Wildman–Crippen LogP) is -1.26. The molecule has 1 aliphatic heterocycles. The quantitative estimate of drug-likeness (QED) is 0.473. The van der Waals surface area contributed by atoms with Crippen molar-refractivity contribution in [1.29, 1.82) is 0 Å². The molecule has 0 aliphatic carbocycles. The lowest BCUT2D eigenvalue weighted by Crippen LogP contribution is -2.55. The molecule has 5 unspecified atom stereocenters. The van der Waals surface area contributed by atoms with Crippen LogP contribution in [-0.4, -0.2) is 70.1 Å². The number of rotatable bonds is 6. The summed E-state index contributed by atoms with van der Waals surface area (Å²) in [5, 5.41) is 37.0. The third-order valence-corrected chi connectivity index (χ3v) is 2.99. The molecule has 0 aromatic heterocycles. The summed E-state index contributed by atoms with van der Waals surface area (Å²) >= 11 is 0. The zero-order valence-electron chi connectivity index (χ0n) is 10.2. The van der Waals surface area contributed by atoms with Gasteiger partial charge in [-0.2, -0.15) is 0 Å². The van der Waals surface area contributed by atoms with Crippen LogP contribution in [0.5, 0.6) is 0 Å². The van der Waals surface area contributed by atoms with Crippen LogP contribution in [0.2, 0.25) is 0 Å². The number of hydrogen-bond donors (Lipinski definition) is 4. The lowest BCUT2D eigenvalue weighted by Gasteiger charge is -2.38. The minimum atomic E-state index is -1.24. The lowest BCUT2D eigenvalue weighted by molar-refractivity contribution is -0.220. The van der Waals surface area contributed by atoms with Crippen molar-refractivity contribution in [3.05, 3.63) is 0 Å². The number of ether oxygens (including phenoxy) is 2. The number of carbonyl (C=O) groups is 1. The van der Waals surface area contributed by atoms with Crippen LogP contribution in [0.25, 0.3) is 0 Å². The van der Waals surface area contributed by atoms with E-state index in [0.717, 1.165) is 0 Å². The molecule has 18 heavy (non-hydrogen) atoms. The van der Waals surface area contributed by atoms with Crippen molar-refractivity contribution in [2.24, 2.45) is 0 Å². The van der Waals surface area contributed by atoms with Gasteiger partial charge in [-0.1, -0.05) is 6.92 Å². The van der Waals surface area contributed by atoms with Crippen molar-refractivity contribution in [2.75, 3.05) is 13.2 Å². The topological polar surface area (TPSA) is 116 Å². The third kappa shape index (κ3) is 3.89. The molecule has 7 heteroatoms. The highest BCUT2D eigenvalue weighted by molar-refractivity contribution is 5.67. The molecule has 1 aliphatic rings. The van der Waals surface area contributed by atoms with E-state index >= 15 is 0 Å². The highest BCUT2D eigenvalue weighted by atomic mass is 16.6. The van der Waals surface area contributed by atoms with Gasteiger partial charge in [0.25, 0.3) is 0 Å². The fourth-order valence-corrected chi connectivity index (χ4v) is 1.87. The Morgan fingerprint density at radius 2 is 2.11 bits per heavy atom. The van der Waals surface area contributed by atoms with E-state index in [1.54, 1.807) is 6.92 Å². The number of aliphatic hydroxyl groups is 3. The van der Waals surface area contributed by atoms with E-state index in [2.05, 4.69) is 0 Å². The monoisotopic (exact) mass is 264 g/mol. The zero-order chi connectivity index (χ0) is 13.7. The van der Waals surface area contributed by atoms with E-state index in [-0.39, 0.29) is 13.0 Å². The van der Waals surface area contributed by atoms with Gasteiger partial charge in [0.1, 0.15) is 24.4 Å². The zero-order valence-corrected chi connectivity index (χ0v) is 10.2. The van der Waals surface area contributed by atoms with Crippen molar-refractivity contribution in [1.82, 2.24) is 0 Å². The largest absolute Gasteiger partial charge is 0.481 e. The molecular formula is C11H20O7. The Balaban J connectivity index is 2.54. The standard InChI is InChI=1S/C11H20O7/c1-2-6(3-9(13)14)18-8-5-17-7(4-12)10(15)11(8)16/h6-8,10-12,15-16H,2-5H2,1H3,(H,13,14). The number of hydrogen-bond acceptors (Lipinski definition) is 6. The molecule has 1 saturated heterocycles. The van der Waals surface area contributed by atoms with E-state index in [9.17, 15) is 15.0 Å². The molecule has 5 atom stereocenters. The second-order valence-electron chi connectivity index (χ2n) is 4.34. The maximum atomic E-state index is 10.6. The first-order valence-corrected chi connectivity index (χ1v) is 5.95. The Hall–Kier alpha value is -0.730. The first kappa shape index (κ1) is 15.3. The molecule has 0 spiro atoms. The second-order valence-corrected chi connectivity index (χ2v) is 4.34. The highest BCUT2D eigenvalue weighted by Crippen LogP contribution is 2.20. The van der Waals surface area contributed by atoms with Crippen LogP contribution in [0.15, 0.2) is 0 Å². The average Bonchev–Trinajstić information content (AvgIpc) is 2.33. The van der Waals surface area contributed by atoms with Crippen LogP contribution in [0, 0.1) is 0 Å². The van der Waals surface area contributed by atoms with Crippen LogP contribution in [0.3, 0.4) is 0 Å². The fraction of sp³-hybridized carbons (Fsp3) is 0.909. The second kappa shape index (κ2) is 7.01. The molecule has 1 rings (SSSR count). The van der Waals surface area contributed by atoms with Gasteiger partial charge in [0.05, 0.1) is 25.7 Å². The molecular weight excluding hydrogens is 244 g/mol. The highest BCUT2D eigenvalue weighted by Gasteiger charge is 2.39. The average molecular weight is 264 g/mol. The van der Waals surface area contributed by atoms with Crippen molar-refractivity contribution in [3.8, 4) is 0 Å². The van der Waals surface area contributed by atoms with Crippen molar-refractivity contribution in [3.63, 3.8) is 0 Å². The van der Waals surface area contributed by atoms with Gasteiger partial charge in [-0.15, -0.1) is 0 Å². The summed E-state index contributed by atoms with van der Waals surface area (Å²) in [6, 6.07) is 0. The Morgan fingerprint density at radius 1 is 1.44 bits per heavy atom. The maximum Gasteiger partial charge on any atom is 0.305 e. The number of carboxylic acid groups (broad SMARTS) is 1. The summed E-state index contributed by atoms with van der Waals surface area (Å²) in [5.41, 5.74) is 0. The summed E-state index contributed by atoms with van der Waals surface area (Å²) in [4.78, 5) is 10.6. The van der Waals surface area contributed by atoms with Crippen molar-refractivity contribution >= 4 is 5.97 Å². The Bertz CT molecular complexity index is 270. The molecule has 0 aromatic rings. The molecule has 0 radical (unpaired) electrons. The number of aliphatic hydroxyl groups excluding tert-OH is 3. The van der Waals surface area contributed by atoms with Crippen LogP contribution >= 0.6 is 0 Å². The van der Waals surface area contributed by atoms with Gasteiger partial charge in [-0.3, -0.25) is 4.79 Å². The summed E-state index contributed by atoms with van der Waals surface area (Å²) in [7, 11) is 0. The van der Waals surface area contributed by atoms with Crippen molar-refractivity contribution in [2.45, 2.75) is 50.3 Å². The maximum absolute atomic E-state index is 10.6. The van der Waals surface area contributed by atoms with Gasteiger partial charge in [0.15, 0.2) is 0 Å². The molecule has 4 N–H and O–H groups in total. The number of aliphatic carboxylic acids is 1. The summed E-state index contributed by atoms with van der Waals surface area (Å²) in [6.07, 6.45) is -4.28.